The maximum absolute atomic E-state index is 13.6. The number of ether oxygens (including phenoxy) is 4. The van der Waals surface area contributed by atoms with Crippen molar-refractivity contribution in [1.29, 1.82) is 0 Å². The van der Waals surface area contributed by atoms with E-state index in [1.165, 1.54) is 17.7 Å². The molecule has 0 amide bonds. The molecule has 15 heteroatoms. The van der Waals surface area contributed by atoms with Crippen molar-refractivity contribution in [3.05, 3.63) is 64.7 Å². The van der Waals surface area contributed by atoms with Crippen LogP contribution in [0, 0.1) is 30.1 Å². The molecule has 4 aliphatic rings. The van der Waals surface area contributed by atoms with E-state index >= 15 is 0 Å². The van der Waals surface area contributed by atoms with Crippen molar-refractivity contribution < 1.29 is 64.3 Å². The van der Waals surface area contributed by atoms with Gasteiger partial charge < -0.3 is 54.7 Å². The number of carbonyl (C=O) groups excluding carboxylic acids is 1. The second-order valence-corrected chi connectivity index (χ2v) is 18.4. The number of phenols is 2. The van der Waals surface area contributed by atoms with Gasteiger partial charge in [0.1, 0.15) is 47.1 Å². The Labute approximate surface area is 339 Å². The largest absolute Gasteiger partial charge is 0.507 e. The number of aliphatic hydroxyl groups excluding tert-OH is 4. The van der Waals surface area contributed by atoms with Crippen LogP contribution >= 0.6 is 21.6 Å². The van der Waals surface area contributed by atoms with E-state index in [0.717, 1.165) is 42.7 Å². The van der Waals surface area contributed by atoms with E-state index in [0.29, 0.717) is 38.4 Å². The van der Waals surface area contributed by atoms with Crippen molar-refractivity contribution in [2.75, 3.05) is 38.1 Å². The Morgan fingerprint density at radius 3 is 2.51 bits per heavy atom. The average Bonchev–Trinajstić information content (AvgIpc) is 3.24. The summed E-state index contributed by atoms with van der Waals surface area (Å²) in [6.07, 6.45) is -1.57. The molecule has 13 nitrogen and oxygen atoms in total. The summed E-state index contributed by atoms with van der Waals surface area (Å²) >= 11 is 0. The van der Waals surface area contributed by atoms with Gasteiger partial charge >= 0.3 is 5.97 Å². The number of aromatic carboxylic acids is 1. The predicted octanol–water partition coefficient (Wildman–Crippen LogP) is 5.21. The highest BCUT2D eigenvalue weighted by Crippen LogP contribution is 2.55. The van der Waals surface area contributed by atoms with Crippen LogP contribution in [0.25, 0.3) is 10.8 Å². The highest BCUT2D eigenvalue weighted by Gasteiger charge is 2.59. The van der Waals surface area contributed by atoms with Crippen LogP contribution in [-0.2, 0) is 20.6 Å². The van der Waals surface area contributed by atoms with Crippen molar-refractivity contribution in [2.45, 2.75) is 88.5 Å². The summed E-state index contributed by atoms with van der Waals surface area (Å²) in [6.45, 7) is 2.09. The lowest BCUT2D eigenvalue weighted by Crippen LogP contribution is -2.69. The molecule has 0 bridgehead atoms. The van der Waals surface area contributed by atoms with Gasteiger partial charge in [0.05, 0.1) is 29.7 Å². The van der Waals surface area contributed by atoms with Crippen LogP contribution < -0.4 is 4.74 Å². The van der Waals surface area contributed by atoms with Gasteiger partial charge in [-0.25, -0.2) is 4.79 Å². The Morgan fingerprint density at radius 2 is 1.77 bits per heavy atom. The van der Waals surface area contributed by atoms with Gasteiger partial charge in [0.2, 0.25) is 6.29 Å². The fraction of sp³-hybridized carbons (Fsp3) is 0.571. The van der Waals surface area contributed by atoms with E-state index in [1.54, 1.807) is 10.8 Å². The monoisotopic (exact) mass is 828 g/mol. The summed E-state index contributed by atoms with van der Waals surface area (Å²) in [4.78, 5) is 25.9. The van der Waals surface area contributed by atoms with Crippen LogP contribution in [0.2, 0.25) is 0 Å². The smallest absolute Gasteiger partial charge is 0.335 e. The summed E-state index contributed by atoms with van der Waals surface area (Å²) < 4.78 is 25.0. The summed E-state index contributed by atoms with van der Waals surface area (Å²) in [5, 5.41) is 77.7. The molecule has 4 fully saturated rings. The van der Waals surface area contributed by atoms with Crippen LogP contribution in [0.1, 0.15) is 76.8 Å². The number of aryl methyl sites for hydroxylation is 1. The molecule has 7 N–H and O–H groups in total. The van der Waals surface area contributed by atoms with Crippen molar-refractivity contribution in [2.24, 2.45) is 23.2 Å². The number of fused-ring (bicyclic) bond motifs is 1. The molecule has 3 aromatic carbocycles. The second-order valence-electron chi connectivity index (χ2n) is 16.0. The molecule has 1 aliphatic carbocycles. The normalized spacial score (nSPS) is 32.0. The van der Waals surface area contributed by atoms with Gasteiger partial charge in [0.15, 0.2) is 5.78 Å². The van der Waals surface area contributed by atoms with E-state index in [-0.39, 0.29) is 75.9 Å². The minimum atomic E-state index is -1.79. The molecule has 3 aromatic rings. The van der Waals surface area contributed by atoms with E-state index in [1.807, 2.05) is 30.3 Å². The number of phenolic OH excluding ortho intramolecular Hbond substituents is 2. The quantitative estimate of drug-likeness (QED) is 0.0794. The van der Waals surface area contributed by atoms with Crippen LogP contribution in [-0.4, -0.2) is 116 Å². The maximum Gasteiger partial charge on any atom is 0.335 e. The number of hydrogen-bond acceptors (Lipinski definition) is 14. The van der Waals surface area contributed by atoms with Crippen LogP contribution in [0.3, 0.4) is 0 Å². The molecule has 57 heavy (non-hydrogen) atoms. The number of benzene rings is 3. The summed E-state index contributed by atoms with van der Waals surface area (Å²) in [5.41, 5.74) is -1.34. The lowest BCUT2D eigenvalue weighted by Gasteiger charge is -2.54. The first-order chi connectivity index (χ1) is 27.4. The molecule has 9 atom stereocenters. The summed E-state index contributed by atoms with van der Waals surface area (Å²) in [6, 6.07) is 11.5. The van der Waals surface area contributed by atoms with E-state index < -0.39 is 60.1 Å². The Balaban J connectivity index is 1.21. The Hall–Kier alpha value is -3.12. The minimum absolute atomic E-state index is 0.00108. The van der Waals surface area contributed by atoms with E-state index in [4.69, 9.17) is 18.9 Å². The molecule has 3 saturated heterocycles. The first-order valence-electron chi connectivity index (χ1n) is 19.6. The Kier molecular flexibility index (Phi) is 13.0. The number of aliphatic hydroxyl groups is 4. The van der Waals surface area contributed by atoms with Crippen molar-refractivity contribution in [1.82, 2.24) is 0 Å². The fourth-order valence-corrected chi connectivity index (χ4v) is 12.4. The van der Waals surface area contributed by atoms with Crippen molar-refractivity contribution >= 4 is 44.1 Å². The molecular weight excluding hydrogens is 777 g/mol. The number of ketones is 1. The number of carboxylic acid groups (broad SMARTS) is 1. The van der Waals surface area contributed by atoms with E-state index in [2.05, 4.69) is 0 Å². The molecule has 310 valence electrons. The highest BCUT2D eigenvalue weighted by molar-refractivity contribution is 8.76. The van der Waals surface area contributed by atoms with Gasteiger partial charge in [-0.2, -0.15) is 0 Å². The molecule has 0 unspecified atom stereocenters. The molecule has 3 aliphatic heterocycles. The lowest BCUT2D eigenvalue weighted by atomic mass is 9.56. The minimum Gasteiger partial charge on any atom is -0.507 e. The van der Waals surface area contributed by atoms with Crippen LogP contribution in [0.5, 0.6) is 17.2 Å². The number of Topliss-reactive ketones (excluding diaryl/α,β-unsaturated/α-hetero) is 1. The molecule has 0 aromatic heterocycles. The van der Waals surface area contributed by atoms with Crippen LogP contribution in [0.15, 0.2) is 42.5 Å². The topological polar surface area (TPSA) is 213 Å². The van der Waals surface area contributed by atoms with Gasteiger partial charge in [-0.05, 0) is 74.5 Å². The average molecular weight is 829 g/mol. The first kappa shape index (κ1) is 42.0. The zero-order valence-corrected chi connectivity index (χ0v) is 33.5. The maximum atomic E-state index is 13.6. The molecular formula is C42H52O13S2. The summed E-state index contributed by atoms with van der Waals surface area (Å²) in [5.74, 6) is -1.53. The molecule has 3 heterocycles. The first-order valence-corrected chi connectivity index (χ1v) is 22.1. The number of carboxylic acids is 1. The Bertz CT molecular complexity index is 1920. The SMILES string of the molecule is Cc1c(C(=O)CCc2ccccc2)c(O)c2c(O[C@@H]3O[C@H](CO)[C@]4(CC[C@H]5CCC[C@H]6COC[C@](CCO)(CSSCO4)[C@H]56)[C@H](O)[C@H]3O)cc(C(=O)O)cc2c1O. The zero-order valence-electron chi connectivity index (χ0n) is 31.9. The molecule has 1 spiro atoms. The number of rotatable bonds is 10. The molecule has 0 radical (unpaired) electrons. The second kappa shape index (κ2) is 17.6. The van der Waals surface area contributed by atoms with Gasteiger partial charge in [-0.1, -0.05) is 64.8 Å². The van der Waals surface area contributed by atoms with Crippen molar-refractivity contribution in [3.8, 4) is 17.2 Å². The third-order valence-electron chi connectivity index (χ3n) is 12.8. The third-order valence-corrected chi connectivity index (χ3v) is 15.1. The summed E-state index contributed by atoms with van der Waals surface area (Å²) in [7, 11) is 3.04. The van der Waals surface area contributed by atoms with Gasteiger partial charge in [-0.15, -0.1) is 0 Å². The standard InChI is InChI=1S/C42H52O13S2/c1-23-32(29(45)11-10-24-6-3-2-4-7-24)36(47)33-28(35(23)46)16-27(39(50)51)17-30(33)54-40-37(48)38(49)42(31(18-44)55-40)13-12-25-8-5-9-26-19-52-20-41(14-15-43,34(25)26)21-56-57-22-53-42/h2-4,6-7,16-17,25-26,31,34,37-38,40,43-44,46-49H,5,8-15,18-22H2,1H3,(H,50,51)/t25-,26+,31-,34-,37-,38-,40-,41-,42-/m1/s1. The zero-order chi connectivity index (χ0) is 40.5. The number of carbonyl (C=O) groups is 2. The fourth-order valence-electron chi connectivity index (χ4n) is 10.0. The number of aromatic hydroxyl groups is 2. The van der Waals surface area contributed by atoms with Crippen LogP contribution in [0.4, 0.5) is 0 Å². The van der Waals surface area contributed by atoms with Crippen molar-refractivity contribution in [3.63, 3.8) is 0 Å². The Morgan fingerprint density at radius 1 is 1.00 bits per heavy atom. The third kappa shape index (κ3) is 7.99. The van der Waals surface area contributed by atoms with Gasteiger partial charge in [0, 0.05) is 41.8 Å². The highest BCUT2D eigenvalue weighted by atomic mass is 33.1. The molecule has 1 saturated carbocycles. The van der Waals surface area contributed by atoms with Gasteiger partial charge in [0.25, 0.3) is 0 Å². The van der Waals surface area contributed by atoms with Gasteiger partial charge in [-0.3, -0.25) is 4.79 Å². The predicted molar refractivity (Wildman–Crippen MR) is 214 cm³/mol. The lowest BCUT2D eigenvalue weighted by molar-refractivity contribution is -0.323. The van der Waals surface area contributed by atoms with E-state index in [9.17, 15) is 45.3 Å². The molecule has 7 rings (SSSR count). The number of hydrogen-bond donors (Lipinski definition) is 7.